The monoisotopic (exact) mass is 358 g/mol. The lowest BCUT2D eigenvalue weighted by atomic mass is 10.1. The third-order valence-corrected chi connectivity index (χ3v) is 9.81. The van der Waals surface area contributed by atoms with Crippen LogP contribution in [-0.2, 0) is 8.85 Å². The van der Waals surface area contributed by atoms with Crippen LogP contribution >= 0.6 is 0 Å². The highest BCUT2D eigenvalue weighted by Gasteiger charge is 2.48. The van der Waals surface area contributed by atoms with Crippen molar-refractivity contribution in [2.75, 3.05) is 13.2 Å². The summed E-state index contributed by atoms with van der Waals surface area (Å²) in [5, 5.41) is 0.150. The summed E-state index contributed by atoms with van der Waals surface area (Å²) < 4.78 is 12.5. The highest BCUT2D eigenvalue weighted by atomic mass is 28.4. The van der Waals surface area contributed by atoms with Gasteiger partial charge < -0.3 is 8.85 Å². The molecule has 0 aliphatic heterocycles. The number of unbranched alkanes of at least 4 members (excludes halogenated alkanes) is 10. The molecule has 0 aromatic heterocycles. The van der Waals surface area contributed by atoms with Crippen molar-refractivity contribution in [1.82, 2.24) is 0 Å². The summed E-state index contributed by atoms with van der Waals surface area (Å²) in [6, 6.07) is 1.15. The minimum Gasteiger partial charge on any atom is -0.394 e. The van der Waals surface area contributed by atoms with E-state index in [0.717, 1.165) is 19.3 Å². The molecule has 0 fully saturated rings. The summed E-state index contributed by atoms with van der Waals surface area (Å²) in [6.07, 6.45) is 15.3. The molecule has 0 bridgehead atoms. The van der Waals surface area contributed by atoms with E-state index in [1.54, 1.807) is 0 Å². The van der Waals surface area contributed by atoms with Crippen molar-refractivity contribution in [2.45, 2.75) is 123 Å². The van der Waals surface area contributed by atoms with Gasteiger partial charge in [-0.05, 0) is 19.9 Å². The van der Waals surface area contributed by atoms with Gasteiger partial charge >= 0.3 is 8.56 Å². The molecular weight excluding hydrogens is 312 g/mol. The van der Waals surface area contributed by atoms with Crippen LogP contribution in [0.3, 0.4) is 0 Å². The smallest absolute Gasteiger partial charge is 0.343 e. The number of hydrogen-bond donors (Lipinski definition) is 0. The average Bonchev–Trinajstić information content (AvgIpc) is 2.51. The molecule has 0 radical (unpaired) electrons. The summed E-state index contributed by atoms with van der Waals surface area (Å²) in [5.74, 6) is 0. The molecule has 0 rings (SSSR count). The Hall–Kier alpha value is 0.137. The van der Waals surface area contributed by atoms with Crippen LogP contribution in [0.15, 0.2) is 0 Å². The van der Waals surface area contributed by atoms with Crippen molar-refractivity contribution < 1.29 is 8.85 Å². The minimum absolute atomic E-state index is 0.150. The summed E-state index contributed by atoms with van der Waals surface area (Å²) in [4.78, 5) is 0. The van der Waals surface area contributed by atoms with Crippen LogP contribution in [0.2, 0.25) is 11.1 Å². The van der Waals surface area contributed by atoms with E-state index in [1.165, 1.54) is 70.6 Å². The Morgan fingerprint density at radius 1 is 0.583 bits per heavy atom. The summed E-state index contributed by atoms with van der Waals surface area (Å²) in [6.45, 7) is 14.9. The molecular formula is C21H46O2Si. The Kier molecular flexibility index (Phi) is 14.4. The Labute approximate surface area is 154 Å². The molecule has 0 amide bonds. The van der Waals surface area contributed by atoms with E-state index in [0.29, 0.717) is 0 Å². The first kappa shape index (κ1) is 24.1. The molecule has 0 aliphatic rings. The van der Waals surface area contributed by atoms with E-state index in [9.17, 15) is 0 Å². The Bertz CT molecular complexity index is 268. The lowest BCUT2D eigenvalue weighted by Crippen LogP contribution is -2.50. The zero-order valence-corrected chi connectivity index (χ0v) is 18.7. The molecule has 0 unspecified atom stereocenters. The van der Waals surface area contributed by atoms with Crippen molar-refractivity contribution in [1.29, 1.82) is 0 Å². The first-order valence-electron chi connectivity index (χ1n) is 10.7. The topological polar surface area (TPSA) is 18.5 Å². The van der Waals surface area contributed by atoms with Gasteiger partial charge in [-0.2, -0.15) is 0 Å². The van der Waals surface area contributed by atoms with Gasteiger partial charge in [0, 0.05) is 18.3 Å². The van der Waals surface area contributed by atoms with Crippen molar-refractivity contribution >= 4 is 8.56 Å². The molecule has 0 heterocycles. The molecule has 0 saturated heterocycles. The molecule has 146 valence electrons. The predicted octanol–water partition coefficient (Wildman–Crippen LogP) is 7.61. The van der Waals surface area contributed by atoms with Crippen molar-refractivity contribution in [3.63, 3.8) is 0 Å². The van der Waals surface area contributed by atoms with E-state index in [-0.39, 0.29) is 5.04 Å². The molecule has 3 heteroatoms. The fourth-order valence-electron chi connectivity index (χ4n) is 3.48. The fraction of sp³-hybridized carbons (Fsp3) is 1.00. The average molecular weight is 359 g/mol. The van der Waals surface area contributed by atoms with Gasteiger partial charge in [0.2, 0.25) is 0 Å². The lowest BCUT2D eigenvalue weighted by molar-refractivity contribution is 0.159. The molecule has 0 aliphatic carbocycles. The SMILES string of the molecule is CCCCCCCCCCCCC[Si](OCC)(OCC)C(C)(C)C. The normalized spacial score (nSPS) is 12.8. The third kappa shape index (κ3) is 10.2. The Balaban J connectivity index is 3.88. The van der Waals surface area contributed by atoms with Crippen molar-refractivity contribution in [2.24, 2.45) is 0 Å². The van der Waals surface area contributed by atoms with Crippen LogP contribution < -0.4 is 0 Å². The second-order valence-corrected chi connectivity index (χ2v) is 12.2. The van der Waals surface area contributed by atoms with Crippen LogP contribution in [-0.4, -0.2) is 21.8 Å². The first-order valence-corrected chi connectivity index (χ1v) is 12.7. The van der Waals surface area contributed by atoms with E-state index < -0.39 is 8.56 Å². The molecule has 0 spiro atoms. The molecule has 24 heavy (non-hydrogen) atoms. The van der Waals surface area contributed by atoms with Gasteiger partial charge in [0.25, 0.3) is 0 Å². The standard InChI is InChI=1S/C21H46O2Si/c1-7-10-11-12-13-14-15-16-17-18-19-20-24(22-8-2,23-9-3)21(4,5)6/h7-20H2,1-6H3. The molecule has 0 atom stereocenters. The van der Waals surface area contributed by atoms with Gasteiger partial charge in [-0.1, -0.05) is 98.3 Å². The summed E-state index contributed by atoms with van der Waals surface area (Å²) >= 11 is 0. The number of hydrogen-bond acceptors (Lipinski definition) is 2. The zero-order chi connectivity index (χ0) is 18.3. The van der Waals surface area contributed by atoms with E-state index in [4.69, 9.17) is 8.85 Å². The van der Waals surface area contributed by atoms with E-state index in [2.05, 4.69) is 41.5 Å². The fourth-order valence-corrected chi connectivity index (χ4v) is 7.12. The maximum atomic E-state index is 6.24. The van der Waals surface area contributed by atoms with Crippen LogP contribution in [0.1, 0.15) is 112 Å². The first-order chi connectivity index (χ1) is 11.4. The molecule has 0 saturated carbocycles. The van der Waals surface area contributed by atoms with Crippen molar-refractivity contribution in [3.05, 3.63) is 0 Å². The highest BCUT2D eigenvalue weighted by molar-refractivity contribution is 6.70. The van der Waals surface area contributed by atoms with Gasteiger partial charge in [-0.3, -0.25) is 0 Å². The quantitative estimate of drug-likeness (QED) is 0.209. The van der Waals surface area contributed by atoms with Crippen molar-refractivity contribution in [3.8, 4) is 0 Å². The second-order valence-electron chi connectivity index (χ2n) is 8.15. The summed E-state index contributed by atoms with van der Waals surface area (Å²) in [7, 11) is -2.09. The molecule has 0 aromatic rings. The lowest BCUT2D eigenvalue weighted by Gasteiger charge is -2.40. The van der Waals surface area contributed by atoms with Gasteiger partial charge in [0.1, 0.15) is 0 Å². The zero-order valence-electron chi connectivity index (χ0n) is 17.7. The molecule has 2 nitrogen and oxygen atoms in total. The maximum Gasteiger partial charge on any atom is 0.343 e. The largest absolute Gasteiger partial charge is 0.394 e. The number of rotatable bonds is 16. The van der Waals surface area contributed by atoms with Crippen LogP contribution in [0, 0.1) is 0 Å². The van der Waals surface area contributed by atoms with Gasteiger partial charge in [0.05, 0.1) is 0 Å². The highest BCUT2D eigenvalue weighted by Crippen LogP contribution is 2.41. The van der Waals surface area contributed by atoms with Gasteiger partial charge in [-0.15, -0.1) is 0 Å². The Morgan fingerprint density at radius 3 is 1.29 bits per heavy atom. The minimum atomic E-state index is -2.09. The predicted molar refractivity (Wildman–Crippen MR) is 110 cm³/mol. The van der Waals surface area contributed by atoms with Crippen LogP contribution in [0.25, 0.3) is 0 Å². The van der Waals surface area contributed by atoms with E-state index >= 15 is 0 Å². The Morgan fingerprint density at radius 2 is 0.958 bits per heavy atom. The van der Waals surface area contributed by atoms with Gasteiger partial charge in [-0.25, -0.2) is 0 Å². The van der Waals surface area contributed by atoms with Crippen LogP contribution in [0.4, 0.5) is 0 Å². The molecule has 0 N–H and O–H groups in total. The van der Waals surface area contributed by atoms with Gasteiger partial charge in [0.15, 0.2) is 0 Å². The maximum absolute atomic E-state index is 6.24. The second kappa shape index (κ2) is 14.3. The third-order valence-electron chi connectivity index (χ3n) is 5.01. The molecule has 0 aromatic carbocycles. The van der Waals surface area contributed by atoms with E-state index in [1.807, 2.05) is 0 Å². The van der Waals surface area contributed by atoms with Crippen LogP contribution in [0.5, 0.6) is 0 Å². The summed E-state index contributed by atoms with van der Waals surface area (Å²) in [5.41, 5.74) is 0.